The molecule has 0 unspecified atom stereocenters. The molecule has 0 radical (unpaired) electrons. The minimum absolute atomic E-state index is 0.113. The Kier molecular flexibility index (Phi) is 5.23. The number of nitrogens with one attached hydrogen (secondary N) is 1. The van der Waals surface area contributed by atoms with E-state index in [0.717, 1.165) is 35.4 Å². The van der Waals surface area contributed by atoms with Crippen LogP contribution >= 0.6 is 11.8 Å². The van der Waals surface area contributed by atoms with Gasteiger partial charge in [0.15, 0.2) is 17.3 Å². The van der Waals surface area contributed by atoms with E-state index in [9.17, 15) is 4.79 Å². The number of hydrogen-bond donors (Lipinski definition) is 1. The number of oxazole rings is 1. The van der Waals surface area contributed by atoms with Gasteiger partial charge in [0.25, 0.3) is 0 Å². The second-order valence-corrected chi connectivity index (χ2v) is 8.24. The summed E-state index contributed by atoms with van der Waals surface area (Å²) in [6.45, 7) is 1.43. The van der Waals surface area contributed by atoms with Crippen molar-refractivity contribution in [2.75, 3.05) is 18.8 Å². The summed E-state index contributed by atoms with van der Waals surface area (Å²) in [4.78, 5) is 23.6. The summed E-state index contributed by atoms with van der Waals surface area (Å²) in [7, 11) is 0. The Labute approximate surface area is 177 Å². The molecule has 2 aromatic heterocycles. The first kappa shape index (κ1) is 18.9. The maximum Gasteiger partial charge on any atom is 0.233 e. The average molecular weight is 420 g/mol. The molecule has 5 rings (SSSR count). The molecule has 30 heavy (non-hydrogen) atoms. The van der Waals surface area contributed by atoms with E-state index in [0.29, 0.717) is 29.8 Å². The highest BCUT2D eigenvalue weighted by Crippen LogP contribution is 2.30. The van der Waals surface area contributed by atoms with Crippen LogP contribution < -0.4 is 0 Å². The predicted molar refractivity (Wildman–Crippen MR) is 115 cm³/mol. The molecule has 2 aromatic carbocycles. The Hall–Kier alpha value is -3.13. The molecular formula is C22H21N5O2S. The van der Waals surface area contributed by atoms with Crippen LogP contribution in [0.3, 0.4) is 0 Å². The van der Waals surface area contributed by atoms with E-state index in [4.69, 9.17) is 4.42 Å². The third-order valence-electron chi connectivity index (χ3n) is 5.34. The molecule has 152 valence electrons. The molecule has 7 nitrogen and oxygen atoms in total. The van der Waals surface area contributed by atoms with E-state index in [1.807, 2.05) is 59.5 Å². The smallest absolute Gasteiger partial charge is 0.233 e. The van der Waals surface area contributed by atoms with Crippen LogP contribution in [-0.2, 0) is 4.79 Å². The standard InChI is InChI=1S/C22H21N5O2S/c28-19(14-30-22-24-20(25-26-22)15-6-2-1-3-7-15)27-12-10-16(11-13-27)21-23-17-8-4-5-9-18(17)29-21/h1-9,16H,10-14H2,(H,24,25,26). The molecule has 1 aliphatic rings. The van der Waals surface area contributed by atoms with E-state index in [2.05, 4.69) is 20.2 Å². The van der Waals surface area contributed by atoms with Crippen molar-refractivity contribution >= 4 is 28.8 Å². The van der Waals surface area contributed by atoms with Gasteiger partial charge in [0, 0.05) is 24.6 Å². The molecule has 8 heteroatoms. The molecule has 0 saturated carbocycles. The lowest BCUT2D eigenvalue weighted by molar-refractivity contribution is -0.129. The monoisotopic (exact) mass is 419 g/mol. The number of amides is 1. The van der Waals surface area contributed by atoms with Crippen LogP contribution in [0, 0.1) is 0 Å². The summed E-state index contributed by atoms with van der Waals surface area (Å²) in [6, 6.07) is 17.6. The number of carbonyl (C=O) groups excluding carboxylic acids is 1. The van der Waals surface area contributed by atoms with Crippen molar-refractivity contribution in [2.24, 2.45) is 0 Å². The number of piperidine rings is 1. The van der Waals surface area contributed by atoms with Crippen LogP contribution in [-0.4, -0.2) is 49.8 Å². The fourth-order valence-corrected chi connectivity index (χ4v) is 4.40. The number of hydrogen-bond acceptors (Lipinski definition) is 6. The van der Waals surface area contributed by atoms with Crippen LogP contribution in [0.2, 0.25) is 0 Å². The van der Waals surface area contributed by atoms with Crippen LogP contribution in [0.1, 0.15) is 24.7 Å². The third kappa shape index (κ3) is 3.95. The molecular weight excluding hydrogens is 398 g/mol. The van der Waals surface area contributed by atoms with Crippen LogP contribution in [0.15, 0.2) is 64.2 Å². The van der Waals surface area contributed by atoms with Crippen molar-refractivity contribution in [2.45, 2.75) is 23.9 Å². The maximum absolute atomic E-state index is 12.6. The van der Waals surface area contributed by atoms with E-state index in [1.54, 1.807) is 0 Å². The summed E-state index contributed by atoms with van der Waals surface area (Å²) >= 11 is 1.36. The molecule has 1 fully saturated rings. The first-order valence-electron chi connectivity index (χ1n) is 10.00. The number of H-pyrrole nitrogens is 1. The Morgan fingerprint density at radius 2 is 1.83 bits per heavy atom. The van der Waals surface area contributed by atoms with Gasteiger partial charge in [-0.3, -0.25) is 9.89 Å². The number of benzene rings is 2. The first-order valence-corrected chi connectivity index (χ1v) is 11.0. The molecule has 0 aliphatic carbocycles. The second kappa shape index (κ2) is 8.31. The van der Waals surface area contributed by atoms with Crippen molar-refractivity contribution in [3.8, 4) is 11.4 Å². The molecule has 1 N–H and O–H groups in total. The summed E-state index contributed by atoms with van der Waals surface area (Å²) in [5.74, 6) is 2.20. The van der Waals surface area contributed by atoms with Gasteiger partial charge in [-0.25, -0.2) is 9.97 Å². The second-order valence-electron chi connectivity index (χ2n) is 7.30. The van der Waals surface area contributed by atoms with Crippen molar-refractivity contribution in [1.29, 1.82) is 0 Å². The number of carbonyl (C=O) groups is 1. The summed E-state index contributed by atoms with van der Waals surface area (Å²) in [6.07, 6.45) is 1.73. The molecule has 3 heterocycles. The molecule has 1 amide bonds. The number of nitrogens with zero attached hydrogens (tertiary/aromatic N) is 4. The number of para-hydroxylation sites is 2. The number of rotatable bonds is 5. The Bertz CT molecular complexity index is 1120. The number of thioether (sulfide) groups is 1. The largest absolute Gasteiger partial charge is 0.440 e. The zero-order valence-electron chi connectivity index (χ0n) is 16.3. The Morgan fingerprint density at radius 1 is 1.07 bits per heavy atom. The lowest BCUT2D eigenvalue weighted by atomic mass is 9.97. The van der Waals surface area contributed by atoms with E-state index in [1.165, 1.54) is 11.8 Å². The highest BCUT2D eigenvalue weighted by Gasteiger charge is 2.27. The van der Waals surface area contributed by atoms with Gasteiger partial charge < -0.3 is 9.32 Å². The Balaban J connectivity index is 1.14. The molecule has 0 atom stereocenters. The highest BCUT2D eigenvalue weighted by molar-refractivity contribution is 7.99. The van der Waals surface area contributed by atoms with E-state index < -0.39 is 0 Å². The van der Waals surface area contributed by atoms with Gasteiger partial charge in [-0.05, 0) is 25.0 Å². The summed E-state index contributed by atoms with van der Waals surface area (Å²) in [5, 5.41) is 7.74. The lowest BCUT2D eigenvalue weighted by Crippen LogP contribution is -2.39. The topological polar surface area (TPSA) is 87.9 Å². The van der Waals surface area contributed by atoms with Crippen LogP contribution in [0.25, 0.3) is 22.5 Å². The minimum atomic E-state index is 0.113. The molecule has 0 bridgehead atoms. The number of aromatic nitrogens is 4. The first-order chi connectivity index (χ1) is 14.8. The van der Waals surface area contributed by atoms with Crippen LogP contribution in [0.4, 0.5) is 0 Å². The van der Waals surface area contributed by atoms with Gasteiger partial charge in [0.05, 0.1) is 5.75 Å². The fourth-order valence-electron chi connectivity index (χ4n) is 3.69. The number of fused-ring (bicyclic) bond motifs is 1. The fraction of sp³-hybridized carbons (Fsp3) is 0.273. The average Bonchev–Trinajstić information content (AvgIpc) is 3.45. The zero-order valence-corrected chi connectivity index (χ0v) is 17.1. The normalized spacial score (nSPS) is 15.0. The van der Waals surface area contributed by atoms with Crippen molar-refractivity contribution in [3.63, 3.8) is 0 Å². The van der Waals surface area contributed by atoms with Crippen LogP contribution in [0.5, 0.6) is 0 Å². The summed E-state index contributed by atoms with van der Waals surface area (Å²) < 4.78 is 5.91. The molecule has 0 spiro atoms. The predicted octanol–water partition coefficient (Wildman–Crippen LogP) is 4.11. The van der Waals surface area contributed by atoms with Crippen molar-refractivity contribution < 1.29 is 9.21 Å². The SMILES string of the molecule is O=C(CSc1n[nH]c(-c2ccccc2)n1)N1CCC(c2nc3ccccc3o2)CC1. The van der Waals surface area contributed by atoms with Crippen molar-refractivity contribution in [3.05, 3.63) is 60.5 Å². The molecule has 1 aliphatic heterocycles. The highest BCUT2D eigenvalue weighted by atomic mass is 32.2. The quantitative estimate of drug-likeness (QED) is 0.490. The van der Waals surface area contributed by atoms with E-state index >= 15 is 0 Å². The zero-order chi connectivity index (χ0) is 20.3. The number of likely N-dealkylation sites (tertiary alicyclic amines) is 1. The van der Waals surface area contributed by atoms with Gasteiger partial charge in [0.1, 0.15) is 5.52 Å². The van der Waals surface area contributed by atoms with Gasteiger partial charge >= 0.3 is 0 Å². The van der Waals surface area contributed by atoms with Gasteiger partial charge in [-0.2, -0.15) is 0 Å². The maximum atomic E-state index is 12.6. The van der Waals surface area contributed by atoms with Crippen molar-refractivity contribution in [1.82, 2.24) is 25.1 Å². The third-order valence-corrected chi connectivity index (χ3v) is 6.18. The summed E-state index contributed by atoms with van der Waals surface area (Å²) in [5.41, 5.74) is 2.69. The minimum Gasteiger partial charge on any atom is -0.440 e. The van der Waals surface area contributed by atoms with Gasteiger partial charge in [-0.15, -0.1) is 5.10 Å². The van der Waals surface area contributed by atoms with E-state index in [-0.39, 0.29) is 11.8 Å². The lowest BCUT2D eigenvalue weighted by Gasteiger charge is -2.30. The number of aromatic amines is 1. The molecule has 1 saturated heterocycles. The van der Waals surface area contributed by atoms with Gasteiger partial charge in [-0.1, -0.05) is 54.2 Å². The molecule has 4 aromatic rings. The van der Waals surface area contributed by atoms with Gasteiger partial charge in [0.2, 0.25) is 11.1 Å². The Morgan fingerprint density at radius 3 is 2.63 bits per heavy atom.